The van der Waals surface area contributed by atoms with Gasteiger partial charge >= 0.3 is 0 Å². The molecular formula is C10H11N2O+. The van der Waals surface area contributed by atoms with Crippen LogP contribution in [-0.2, 0) is 0 Å². The van der Waals surface area contributed by atoms with Crippen LogP contribution in [0, 0.1) is 0 Å². The van der Waals surface area contributed by atoms with Gasteiger partial charge in [-0.25, -0.2) is 9.55 Å². The Labute approximate surface area is 76.6 Å². The zero-order valence-electron chi connectivity index (χ0n) is 7.40. The van der Waals surface area contributed by atoms with Gasteiger partial charge in [-0.2, -0.15) is 0 Å². The summed E-state index contributed by atoms with van der Waals surface area (Å²) in [5.74, 6) is 0.875. The van der Waals surface area contributed by atoms with Crippen molar-refractivity contribution in [1.82, 2.24) is 4.98 Å². The highest BCUT2D eigenvalue weighted by Crippen LogP contribution is 2.10. The predicted octanol–water partition coefficient (Wildman–Crippen LogP) is 1.30. The minimum Gasteiger partial charge on any atom is -0.497 e. The van der Waals surface area contributed by atoms with Crippen LogP contribution in [0.4, 0.5) is 0 Å². The number of benzene rings is 1. The number of ether oxygens (including phenoxy) is 1. The van der Waals surface area contributed by atoms with Gasteiger partial charge in [0.2, 0.25) is 6.33 Å². The van der Waals surface area contributed by atoms with Gasteiger partial charge in [0.1, 0.15) is 23.8 Å². The van der Waals surface area contributed by atoms with Crippen LogP contribution in [0.5, 0.6) is 5.75 Å². The van der Waals surface area contributed by atoms with Crippen LogP contribution in [0.25, 0.3) is 5.69 Å². The van der Waals surface area contributed by atoms with Crippen LogP contribution in [0.1, 0.15) is 0 Å². The lowest BCUT2D eigenvalue weighted by Crippen LogP contribution is -2.26. The summed E-state index contributed by atoms with van der Waals surface area (Å²) in [4.78, 5) is 2.99. The molecule has 0 aliphatic carbocycles. The van der Waals surface area contributed by atoms with Crippen molar-refractivity contribution in [2.24, 2.45) is 0 Å². The van der Waals surface area contributed by atoms with E-state index < -0.39 is 0 Å². The third-order valence-electron chi connectivity index (χ3n) is 1.92. The first kappa shape index (κ1) is 7.86. The molecule has 1 aromatic carbocycles. The van der Waals surface area contributed by atoms with Gasteiger partial charge in [0.05, 0.1) is 7.11 Å². The first-order valence-electron chi connectivity index (χ1n) is 4.08. The second-order valence-electron chi connectivity index (χ2n) is 2.72. The summed E-state index contributed by atoms with van der Waals surface area (Å²) < 4.78 is 7.07. The first-order chi connectivity index (χ1) is 6.40. The number of aromatic nitrogens is 2. The first-order valence-corrected chi connectivity index (χ1v) is 4.08. The molecule has 3 heteroatoms. The van der Waals surface area contributed by atoms with E-state index in [1.54, 1.807) is 7.11 Å². The van der Waals surface area contributed by atoms with Crippen molar-refractivity contribution in [3.8, 4) is 11.4 Å². The van der Waals surface area contributed by atoms with Gasteiger partial charge in [-0.3, -0.25) is 0 Å². The van der Waals surface area contributed by atoms with E-state index in [1.165, 1.54) is 0 Å². The fourth-order valence-electron chi connectivity index (χ4n) is 1.20. The molecule has 3 nitrogen and oxygen atoms in total. The number of H-pyrrole nitrogens is 1. The lowest BCUT2D eigenvalue weighted by molar-refractivity contribution is -0.594. The Kier molecular flexibility index (Phi) is 2.00. The highest BCUT2D eigenvalue weighted by atomic mass is 16.5. The van der Waals surface area contributed by atoms with E-state index in [1.807, 2.05) is 47.6 Å². The second-order valence-corrected chi connectivity index (χ2v) is 2.72. The van der Waals surface area contributed by atoms with Gasteiger partial charge < -0.3 is 4.74 Å². The Morgan fingerprint density at radius 2 is 2.00 bits per heavy atom. The van der Waals surface area contributed by atoms with E-state index in [9.17, 15) is 0 Å². The molecule has 0 aliphatic heterocycles. The van der Waals surface area contributed by atoms with Crippen molar-refractivity contribution in [2.45, 2.75) is 0 Å². The summed E-state index contributed by atoms with van der Waals surface area (Å²) >= 11 is 0. The van der Waals surface area contributed by atoms with Crippen molar-refractivity contribution >= 4 is 0 Å². The summed E-state index contributed by atoms with van der Waals surface area (Å²) in [5, 5.41) is 0. The van der Waals surface area contributed by atoms with Gasteiger partial charge in [0.25, 0.3) is 0 Å². The Hall–Kier alpha value is -1.77. The number of nitrogens with zero attached hydrogens (tertiary/aromatic N) is 1. The highest BCUT2D eigenvalue weighted by molar-refractivity contribution is 5.31. The molecule has 0 saturated heterocycles. The van der Waals surface area contributed by atoms with E-state index in [0.717, 1.165) is 11.4 Å². The minimum atomic E-state index is 0.875. The molecule has 0 bridgehead atoms. The Morgan fingerprint density at radius 1 is 1.23 bits per heavy atom. The minimum absolute atomic E-state index is 0.875. The molecule has 0 spiro atoms. The number of aromatic amines is 1. The molecule has 0 unspecified atom stereocenters. The largest absolute Gasteiger partial charge is 0.497 e. The number of rotatable bonds is 2. The number of hydrogen-bond acceptors (Lipinski definition) is 1. The molecule has 0 aliphatic rings. The van der Waals surface area contributed by atoms with Crippen molar-refractivity contribution in [3.05, 3.63) is 43.0 Å². The van der Waals surface area contributed by atoms with Crippen LogP contribution in [0.3, 0.4) is 0 Å². The van der Waals surface area contributed by atoms with Gasteiger partial charge in [0, 0.05) is 0 Å². The molecule has 0 radical (unpaired) electrons. The average Bonchev–Trinajstić information content (AvgIpc) is 2.71. The molecule has 2 rings (SSSR count). The standard InChI is InChI=1S/C10H10N2O/c1-13-10-4-2-9(3-5-10)12-7-6-11-8-12/h2-8H,1H3/p+1. The van der Waals surface area contributed by atoms with Crippen molar-refractivity contribution in [1.29, 1.82) is 0 Å². The molecule has 0 amide bonds. The van der Waals surface area contributed by atoms with Crippen molar-refractivity contribution in [3.63, 3.8) is 0 Å². The molecule has 2 aromatic rings. The zero-order chi connectivity index (χ0) is 9.10. The van der Waals surface area contributed by atoms with Crippen LogP contribution in [-0.4, -0.2) is 12.1 Å². The zero-order valence-corrected chi connectivity index (χ0v) is 7.40. The molecule has 1 N–H and O–H groups in total. The van der Waals surface area contributed by atoms with E-state index >= 15 is 0 Å². The lowest BCUT2D eigenvalue weighted by Gasteiger charge is -1.99. The quantitative estimate of drug-likeness (QED) is 0.685. The van der Waals surface area contributed by atoms with Crippen LogP contribution in [0.2, 0.25) is 0 Å². The number of nitrogens with one attached hydrogen (secondary N) is 1. The maximum absolute atomic E-state index is 5.07. The average molecular weight is 175 g/mol. The summed E-state index contributed by atoms with van der Waals surface area (Å²) in [6, 6.07) is 7.89. The second kappa shape index (κ2) is 3.31. The Morgan fingerprint density at radius 3 is 2.54 bits per heavy atom. The molecule has 1 heterocycles. The Bertz CT molecular complexity index is 364. The fraction of sp³-hybridized carbons (Fsp3) is 0.100. The molecule has 66 valence electrons. The van der Waals surface area contributed by atoms with E-state index in [2.05, 4.69) is 4.98 Å². The SMILES string of the molecule is COc1ccc(-[n+]2cc[nH]c2)cc1. The number of methoxy groups -OCH3 is 1. The Balaban J connectivity index is 2.33. The van der Waals surface area contributed by atoms with Crippen molar-refractivity contribution < 1.29 is 9.30 Å². The smallest absolute Gasteiger partial charge is 0.246 e. The van der Waals surface area contributed by atoms with Crippen LogP contribution >= 0.6 is 0 Å². The third kappa shape index (κ3) is 1.54. The highest BCUT2D eigenvalue weighted by Gasteiger charge is 2.00. The number of imidazole rings is 1. The monoisotopic (exact) mass is 175 g/mol. The maximum Gasteiger partial charge on any atom is 0.246 e. The van der Waals surface area contributed by atoms with E-state index in [-0.39, 0.29) is 0 Å². The van der Waals surface area contributed by atoms with E-state index in [4.69, 9.17) is 4.74 Å². The molecule has 1 aromatic heterocycles. The molecule has 0 saturated carbocycles. The summed E-state index contributed by atoms with van der Waals surface area (Å²) in [7, 11) is 1.67. The van der Waals surface area contributed by atoms with E-state index in [0.29, 0.717) is 0 Å². The topological polar surface area (TPSA) is 28.9 Å². The van der Waals surface area contributed by atoms with Gasteiger partial charge in [-0.05, 0) is 24.3 Å². The van der Waals surface area contributed by atoms with Crippen LogP contribution < -0.4 is 9.30 Å². The lowest BCUT2D eigenvalue weighted by atomic mass is 10.3. The number of hydrogen-bond donors (Lipinski definition) is 1. The molecule has 0 atom stereocenters. The molecule has 13 heavy (non-hydrogen) atoms. The normalized spacial score (nSPS) is 9.92. The van der Waals surface area contributed by atoms with Gasteiger partial charge in [0.15, 0.2) is 0 Å². The molecule has 0 fully saturated rings. The summed E-state index contributed by atoms with van der Waals surface area (Å²) in [6.07, 6.45) is 5.73. The predicted molar refractivity (Wildman–Crippen MR) is 48.9 cm³/mol. The summed E-state index contributed by atoms with van der Waals surface area (Å²) in [6.45, 7) is 0. The van der Waals surface area contributed by atoms with Crippen molar-refractivity contribution in [2.75, 3.05) is 7.11 Å². The summed E-state index contributed by atoms with van der Waals surface area (Å²) in [5.41, 5.74) is 1.11. The molecular weight excluding hydrogens is 164 g/mol. The fourth-order valence-corrected chi connectivity index (χ4v) is 1.20. The van der Waals surface area contributed by atoms with Crippen LogP contribution in [0.15, 0.2) is 43.0 Å². The van der Waals surface area contributed by atoms with Gasteiger partial charge in [-0.15, -0.1) is 0 Å². The third-order valence-corrected chi connectivity index (χ3v) is 1.92. The van der Waals surface area contributed by atoms with Gasteiger partial charge in [-0.1, -0.05) is 0 Å². The maximum atomic E-state index is 5.07.